The van der Waals surface area contributed by atoms with Crippen molar-refractivity contribution in [2.24, 2.45) is 0 Å². The number of morpholine rings is 2. The molecule has 7 aromatic heterocycles. The van der Waals surface area contributed by atoms with Crippen molar-refractivity contribution < 1.29 is 63.5 Å². The normalized spacial score (nSPS) is 17.3. The minimum absolute atomic E-state index is 0.0911. The number of aromatic nitrogens is 7. The highest BCUT2D eigenvalue weighted by atomic mass is 35.5. The van der Waals surface area contributed by atoms with E-state index in [2.05, 4.69) is 29.9 Å². The van der Waals surface area contributed by atoms with Gasteiger partial charge in [0, 0.05) is 78.2 Å². The van der Waals surface area contributed by atoms with E-state index in [-0.39, 0.29) is 17.5 Å². The lowest BCUT2D eigenvalue weighted by Gasteiger charge is -2.32. The predicted octanol–water partition coefficient (Wildman–Crippen LogP) is 10.1. The predicted molar refractivity (Wildman–Crippen MR) is 278 cm³/mol. The summed E-state index contributed by atoms with van der Waals surface area (Å²) in [5.74, 6) is 1.37. The monoisotopic (exact) mass is 1100 g/mol. The topological polar surface area (TPSA) is 197 Å². The van der Waals surface area contributed by atoms with E-state index in [1.165, 1.54) is 18.5 Å². The van der Waals surface area contributed by atoms with Gasteiger partial charge in [0.1, 0.15) is 16.7 Å². The molecule has 1 N–H and O–H groups in total. The van der Waals surface area contributed by atoms with Crippen LogP contribution < -0.4 is 15.3 Å². The average Bonchev–Trinajstić information content (AvgIpc) is 4.43. The molecule has 4 aliphatic rings. The molecule has 3 fully saturated rings. The number of allylic oxidation sites excluding steroid dienone is 1. The maximum Gasteiger partial charge on any atom is 0.495 e. The molecule has 1 aliphatic carbocycles. The van der Waals surface area contributed by atoms with Crippen molar-refractivity contribution in [1.29, 1.82) is 0 Å². The van der Waals surface area contributed by atoms with Crippen molar-refractivity contribution in [1.82, 2.24) is 34.9 Å². The molecule has 17 nitrogen and oxygen atoms in total. The minimum Gasteiger partial charge on any atom is -0.432 e. The number of aromatic amines is 1. The molecule has 78 heavy (non-hydrogen) atoms. The zero-order valence-corrected chi connectivity index (χ0v) is 42.8. The van der Waals surface area contributed by atoms with Crippen LogP contribution in [0.3, 0.4) is 0 Å². The maximum atomic E-state index is 13.4. The number of hydrogen-bond donors (Lipinski definition) is 1. The molecule has 0 unspecified atom stereocenters. The van der Waals surface area contributed by atoms with Crippen LogP contribution in [0.2, 0.25) is 5.28 Å². The number of nitrogens with one attached hydrogen (secondary N) is 1. The van der Waals surface area contributed by atoms with Crippen molar-refractivity contribution in [3.05, 3.63) is 106 Å². The van der Waals surface area contributed by atoms with Gasteiger partial charge in [0.05, 0.1) is 48.4 Å². The second-order valence-corrected chi connectivity index (χ2v) is 20.1. The fraction of sp³-hybridized carbons (Fsp3) is 0.321. The van der Waals surface area contributed by atoms with Crippen LogP contribution in [0.15, 0.2) is 81.4 Å². The van der Waals surface area contributed by atoms with E-state index < -0.39 is 41.9 Å². The van der Waals surface area contributed by atoms with Gasteiger partial charge >= 0.3 is 19.5 Å². The zero-order valence-electron chi connectivity index (χ0n) is 42.0. The van der Waals surface area contributed by atoms with Crippen LogP contribution in [0.4, 0.5) is 38.0 Å². The highest BCUT2D eigenvalue weighted by Crippen LogP contribution is 2.42. The summed E-state index contributed by atoms with van der Waals surface area (Å²) in [6.07, 6.45) is -3.42. The first-order chi connectivity index (χ1) is 37.2. The summed E-state index contributed by atoms with van der Waals surface area (Å²) in [5, 5.41) is 1.66. The van der Waals surface area contributed by atoms with Crippen molar-refractivity contribution in [3.8, 4) is 11.4 Å². The minimum atomic E-state index is -4.52. The Kier molecular flexibility index (Phi) is 13.5. The van der Waals surface area contributed by atoms with Crippen molar-refractivity contribution in [2.75, 3.05) is 62.4 Å². The largest absolute Gasteiger partial charge is 0.495 e. The molecule has 402 valence electrons. The van der Waals surface area contributed by atoms with Gasteiger partial charge in [-0.3, -0.25) is 9.59 Å². The molecule has 2 aromatic carbocycles. The Bertz CT molecular complexity index is 3830. The Labute approximate surface area is 444 Å². The van der Waals surface area contributed by atoms with E-state index >= 15 is 0 Å². The van der Waals surface area contributed by atoms with Gasteiger partial charge < -0.3 is 42.4 Å². The second kappa shape index (κ2) is 20.1. The lowest BCUT2D eigenvalue weighted by Crippen LogP contribution is -2.41. The number of nitrogens with zero attached hydrogens (tertiary/aromatic N) is 8. The summed E-state index contributed by atoms with van der Waals surface area (Å²) < 4.78 is 113. The van der Waals surface area contributed by atoms with E-state index in [4.69, 9.17) is 44.2 Å². The first kappa shape index (κ1) is 52.5. The zero-order chi connectivity index (χ0) is 54.9. The number of halogens is 7. The van der Waals surface area contributed by atoms with Crippen molar-refractivity contribution in [2.45, 2.75) is 57.7 Å². The van der Waals surface area contributed by atoms with Gasteiger partial charge in [-0.15, -0.1) is 0 Å². The Morgan fingerprint density at radius 2 is 1.23 bits per heavy atom. The quantitative estimate of drug-likeness (QED) is 0.0714. The number of furan rings is 2. The van der Waals surface area contributed by atoms with Crippen LogP contribution in [0.1, 0.15) is 65.2 Å². The fourth-order valence-electron chi connectivity index (χ4n) is 9.52. The second-order valence-electron chi connectivity index (χ2n) is 19.7. The molecule has 25 heteroatoms. The standard InChI is InChI=1S/C23H16F3N5O3.C16H18BF3O2.C14H11ClN4O3/c24-23(25,26)17-9-14-13(2-1-3-16(14)28-17)20-29-18-15-8-12(11-32)10-27-22(15)34-19(18)21(30-20)31-4-6-33-7-5-31;1-14(2)15(3,4)22-17(21-14)13-7-5-6-10-8-11(9-12(10)13)16(18,19)20;15-14-17-10-9-5-8(7-20)6-16-13(9)22-11(10)12(18-14)19-1-3-21-4-2-19/h1-3,8-11,28H,4-7H2;5-7,9H,8H2,1-4H3;5-7H,1-4H2. The van der Waals surface area contributed by atoms with E-state index in [0.29, 0.717) is 159 Å². The Hall–Kier alpha value is -7.51. The number of hydrogen-bond acceptors (Lipinski definition) is 16. The molecule has 0 radical (unpaired) electrons. The third kappa shape index (κ3) is 9.90. The van der Waals surface area contributed by atoms with Gasteiger partial charge in [-0.25, -0.2) is 24.9 Å². The number of H-pyrrole nitrogens is 1. The molecule has 0 atom stereocenters. The summed E-state index contributed by atoms with van der Waals surface area (Å²) in [6, 6.07) is 14.5. The number of aldehydes is 2. The summed E-state index contributed by atoms with van der Waals surface area (Å²) >= 11 is 6.06. The van der Waals surface area contributed by atoms with Crippen LogP contribution >= 0.6 is 11.6 Å². The van der Waals surface area contributed by atoms with Gasteiger partial charge in [0.2, 0.25) is 16.7 Å². The number of alkyl halides is 6. The number of pyridine rings is 2. The average molecular weight is 1100 g/mol. The third-order valence-electron chi connectivity index (χ3n) is 14.2. The summed E-state index contributed by atoms with van der Waals surface area (Å²) in [5.41, 5.74) is 3.69. The number of carbonyl (C=O) groups is 2. The number of carbonyl (C=O) groups excluding carboxylic acids is 2. The van der Waals surface area contributed by atoms with Crippen LogP contribution in [0.25, 0.3) is 72.8 Å². The third-order valence-corrected chi connectivity index (χ3v) is 14.4. The van der Waals surface area contributed by atoms with Gasteiger partial charge in [0.25, 0.3) is 0 Å². The SMILES string of the molecule is CC1(C)OB(c2cccc3c2C=C(C(F)(F)F)C3)OC1(C)C.O=Cc1cnc2oc3c(N4CCOCC4)nc(-c4cccc5[nH]c(C(F)(F)F)cc45)nc3c2c1.O=Cc1cnc2oc3c(N4CCOCC4)nc(Cl)nc3c2c1. The van der Waals surface area contributed by atoms with Crippen LogP contribution in [0, 0.1) is 0 Å². The fourth-order valence-corrected chi connectivity index (χ4v) is 9.68. The van der Waals surface area contributed by atoms with E-state index in [9.17, 15) is 35.9 Å². The van der Waals surface area contributed by atoms with Gasteiger partial charge in [-0.1, -0.05) is 30.3 Å². The molecule has 0 amide bonds. The lowest BCUT2D eigenvalue weighted by molar-refractivity contribution is -0.140. The molecule has 0 spiro atoms. The Morgan fingerprint density at radius 3 is 1.78 bits per heavy atom. The first-order valence-corrected chi connectivity index (χ1v) is 24.9. The van der Waals surface area contributed by atoms with Crippen molar-refractivity contribution in [3.63, 3.8) is 0 Å². The van der Waals surface area contributed by atoms with Gasteiger partial charge in [-0.05, 0) is 86.2 Å². The summed E-state index contributed by atoms with van der Waals surface area (Å²) in [4.78, 5) is 55.0. The Balaban J connectivity index is 0.000000129. The van der Waals surface area contributed by atoms with E-state index in [1.54, 1.807) is 48.5 Å². The number of ether oxygens (including phenoxy) is 2. The number of fused-ring (bicyclic) bond motifs is 8. The molecular weight excluding hydrogens is 1050 g/mol. The van der Waals surface area contributed by atoms with Crippen LogP contribution in [-0.4, -0.2) is 125 Å². The van der Waals surface area contributed by atoms with E-state index in [0.717, 1.165) is 12.4 Å². The maximum absolute atomic E-state index is 13.4. The molecule has 0 saturated carbocycles. The molecule has 3 aliphatic heterocycles. The van der Waals surface area contributed by atoms with Crippen LogP contribution in [-0.2, 0) is 31.4 Å². The number of anilines is 2. The molecule has 3 saturated heterocycles. The highest BCUT2D eigenvalue weighted by molar-refractivity contribution is 6.63. The van der Waals surface area contributed by atoms with Gasteiger partial charge in [-0.2, -0.15) is 31.3 Å². The molecule has 10 heterocycles. The summed E-state index contributed by atoms with van der Waals surface area (Å²) in [7, 11) is -0.649. The Morgan fingerprint density at radius 1 is 0.679 bits per heavy atom. The number of rotatable bonds is 6. The van der Waals surface area contributed by atoms with Gasteiger partial charge in [0.15, 0.2) is 41.2 Å². The molecule has 0 bridgehead atoms. The lowest BCUT2D eigenvalue weighted by atomic mass is 9.75. The summed E-state index contributed by atoms with van der Waals surface area (Å²) in [6.45, 7) is 12.5. The van der Waals surface area contributed by atoms with E-state index in [1.807, 2.05) is 37.5 Å². The first-order valence-electron chi connectivity index (χ1n) is 24.6. The molecule has 9 aromatic rings. The van der Waals surface area contributed by atoms with Crippen molar-refractivity contribution >= 4 is 110 Å². The smallest absolute Gasteiger partial charge is 0.432 e. The number of benzene rings is 2. The molecule has 13 rings (SSSR count). The van der Waals surface area contributed by atoms with Crippen LogP contribution in [0.5, 0.6) is 0 Å². The molecular formula is C53H45BClF6N9O8. The highest BCUT2D eigenvalue weighted by Gasteiger charge is 2.52.